The Morgan fingerprint density at radius 3 is 2.62 bits per heavy atom. The van der Waals surface area contributed by atoms with Crippen LogP contribution in [-0.2, 0) is 0 Å². The summed E-state index contributed by atoms with van der Waals surface area (Å²) in [5, 5.41) is 3.44. The van der Waals surface area contributed by atoms with Crippen molar-refractivity contribution in [2.24, 2.45) is 0 Å². The quantitative estimate of drug-likeness (QED) is 0.845. The lowest BCUT2D eigenvalue weighted by atomic mass is 10.2. The molecule has 0 bridgehead atoms. The summed E-state index contributed by atoms with van der Waals surface area (Å²) in [6.45, 7) is 6.48. The average molecular weight is 242 g/mol. The molecule has 0 saturated heterocycles. The van der Waals surface area contributed by atoms with Gasteiger partial charge in [-0.05, 0) is 44.0 Å². The molecule has 72 valence electrons. The fraction of sp³-hybridized carbons (Fsp3) is 0.455. The van der Waals surface area contributed by atoms with Crippen LogP contribution in [0.15, 0.2) is 22.7 Å². The van der Waals surface area contributed by atoms with Crippen LogP contribution in [0.3, 0.4) is 0 Å². The summed E-state index contributed by atoms with van der Waals surface area (Å²) in [6.07, 6.45) is 1.14. The van der Waals surface area contributed by atoms with Crippen molar-refractivity contribution < 1.29 is 0 Å². The summed E-state index contributed by atoms with van der Waals surface area (Å²) >= 11 is 3.48. The molecule has 0 amide bonds. The standard InChI is InChI=1S/C11H16BrN/c1-4-9(3)13-11-6-8(2)5-10(12)7-11/h5-7,9,13H,4H2,1-3H3. The molecule has 2 heteroatoms. The molecule has 0 spiro atoms. The van der Waals surface area contributed by atoms with Gasteiger partial charge in [-0.2, -0.15) is 0 Å². The number of halogens is 1. The molecule has 1 N–H and O–H groups in total. The van der Waals surface area contributed by atoms with Gasteiger partial charge in [-0.25, -0.2) is 0 Å². The SMILES string of the molecule is CCC(C)Nc1cc(C)cc(Br)c1. The van der Waals surface area contributed by atoms with Crippen LogP contribution in [0.4, 0.5) is 5.69 Å². The van der Waals surface area contributed by atoms with Crippen LogP contribution in [0.1, 0.15) is 25.8 Å². The van der Waals surface area contributed by atoms with Crippen LogP contribution < -0.4 is 5.32 Å². The molecule has 1 aromatic rings. The van der Waals surface area contributed by atoms with Gasteiger partial charge in [0.2, 0.25) is 0 Å². The van der Waals surface area contributed by atoms with Gasteiger partial charge in [0, 0.05) is 16.2 Å². The molecule has 0 aliphatic rings. The van der Waals surface area contributed by atoms with Crippen molar-refractivity contribution in [2.45, 2.75) is 33.2 Å². The Bertz CT molecular complexity index is 263. The first-order valence-electron chi connectivity index (χ1n) is 4.65. The maximum Gasteiger partial charge on any atom is 0.0356 e. The van der Waals surface area contributed by atoms with Crippen molar-refractivity contribution in [3.63, 3.8) is 0 Å². The molecular weight excluding hydrogens is 226 g/mol. The minimum atomic E-state index is 0.536. The van der Waals surface area contributed by atoms with E-state index in [1.165, 1.54) is 11.3 Å². The Labute approximate surface area is 88.7 Å². The molecule has 0 radical (unpaired) electrons. The van der Waals surface area contributed by atoms with Crippen molar-refractivity contribution in [2.75, 3.05) is 5.32 Å². The maximum absolute atomic E-state index is 3.48. The molecule has 0 aromatic heterocycles. The average Bonchev–Trinajstić information content (AvgIpc) is 2.02. The largest absolute Gasteiger partial charge is 0.383 e. The van der Waals surface area contributed by atoms with Gasteiger partial charge in [-0.15, -0.1) is 0 Å². The number of aryl methyl sites for hydroxylation is 1. The number of hydrogen-bond acceptors (Lipinski definition) is 1. The number of nitrogens with one attached hydrogen (secondary N) is 1. The topological polar surface area (TPSA) is 12.0 Å². The van der Waals surface area contributed by atoms with Crippen molar-refractivity contribution in [3.8, 4) is 0 Å². The van der Waals surface area contributed by atoms with Gasteiger partial charge in [-0.3, -0.25) is 0 Å². The normalized spacial score (nSPS) is 12.6. The van der Waals surface area contributed by atoms with Gasteiger partial charge in [0.05, 0.1) is 0 Å². The van der Waals surface area contributed by atoms with E-state index in [0.29, 0.717) is 6.04 Å². The lowest BCUT2D eigenvalue weighted by Gasteiger charge is -2.13. The van der Waals surface area contributed by atoms with E-state index in [9.17, 15) is 0 Å². The molecule has 1 atom stereocenters. The molecule has 0 saturated carbocycles. The predicted octanol–water partition coefficient (Wildman–Crippen LogP) is 3.97. The van der Waals surface area contributed by atoms with Crippen LogP contribution in [0.2, 0.25) is 0 Å². The summed E-state index contributed by atoms with van der Waals surface area (Å²) in [6, 6.07) is 6.92. The lowest BCUT2D eigenvalue weighted by Crippen LogP contribution is -2.13. The lowest BCUT2D eigenvalue weighted by molar-refractivity contribution is 0.764. The van der Waals surface area contributed by atoms with E-state index in [4.69, 9.17) is 0 Å². The third-order valence-electron chi connectivity index (χ3n) is 2.07. The van der Waals surface area contributed by atoms with Crippen LogP contribution in [-0.4, -0.2) is 6.04 Å². The van der Waals surface area contributed by atoms with E-state index in [1.54, 1.807) is 0 Å². The van der Waals surface area contributed by atoms with E-state index >= 15 is 0 Å². The first kappa shape index (κ1) is 10.6. The minimum absolute atomic E-state index is 0.536. The summed E-state index contributed by atoms with van der Waals surface area (Å²) in [5.41, 5.74) is 2.47. The Kier molecular flexibility index (Phi) is 3.79. The second-order valence-electron chi connectivity index (χ2n) is 3.47. The zero-order chi connectivity index (χ0) is 9.84. The van der Waals surface area contributed by atoms with Gasteiger partial charge in [0.1, 0.15) is 0 Å². The van der Waals surface area contributed by atoms with Crippen LogP contribution in [0.5, 0.6) is 0 Å². The highest BCUT2D eigenvalue weighted by atomic mass is 79.9. The molecule has 0 heterocycles. The second-order valence-corrected chi connectivity index (χ2v) is 4.39. The van der Waals surface area contributed by atoms with Crippen molar-refractivity contribution >= 4 is 21.6 Å². The number of anilines is 1. The summed E-state index contributed by atoms with van der Waals surface area (Å²) < 4.78 is 1.14. The second kappa shape index (κ2) is 4.66. The number of hydrogen-bond donors (Lipinski definition) is 1. The monoisotopic (exact) mass is 241 g/mol. The van der Waals surface area contributed by atoms with Crippen LogP contribution in [0.25, 0.3) is 0 Å². The summed E-state index contributed by atoms with van der Waals surface area (Å²) in [7, 11) is 0. The van der Waals surface area contributed by atoms with Crippen molar-refractivity contribution in [1.29, 1.82) is 0 Å². The minimum Gasteiger partial charge on any atom is -0.383 e. The third kappa shape index (κ3) is 3.39. The Hall–Kier alpha value is -0.500. The van der Waals surface area contributed by atoms with Crippen LogP contribution in [0, 0.1) is 6.92 Å². The van der Waals surface area contributed by atoms with E-state index < -0.39 is 0 Å². The Morgan fingerprint density at radius 1 is 1.38 bits per heavy atom. The molecule has 0 aliphatic carbocycles. The van der Waals surface area contributed by atoms with E-state index in [0.717, 1.165) is 10.9 Å². The highest BCUT2D eigenvalue weighted by Crippen LogP contribution is 2.19. The van der Waals surface area contributed by atoms with Gasteiger partial charge in [-0.1, -0.05) is 22.9 Å². The molecule has 1 unspecified atom stereocenters. The molecule has 1 aromatic carbocycles. The third-order valence-corrected chi connectivity index (χ3v) is 2.53. The van der Waals surface area contributed by atoms with Gasteiger partial charge in [0.25, 0.3) is 0 Å². The van der Waals surface area contributed by atoms with E-state index in [-0.39, 0.29) is 0 Å². The molecule has 1 nitrogen and oxygen atoms in total. The van der Waals surface area contributed by atoms with E-state index in [2.05, 4.69) is 60.2 Å². The van der Waals surface area contributed by atoms with Crippen molar-refractivity contribution in [3.05, 3.63) is 28.2 Å². The number of benzene rings is 1. The van der Waals surface area contributed by atoms with Gasteiger partial charge >= 0.3 is 0 Å². The van der Waals surface area contributed by atoms with Gasteiger partial charge < -0.3 is 5.32 Å². The Morgan fingerprint density at radius 2 is 2.08 bits per heavy atom. The molecular formula is C11H16BrN. The van der Waals surface area contributed by atoms with Gasteiger partial charge in [0.15, 0.2) is 0 Å². The zero-order valence-corrected chi connectivity index (χ0v) is 9.98. The highest BCUT2D eigenvalue weighted by Gasteiger charge is 1.99. The Balaban J connectivity index is 2.77. The van der Waals surface area contributed by atoms with Crippen molar-refractivity contribution in [1.82, 2.24) is 0 Å². The molecule has 0 fully saturated rings. The smallest absolute Gasteiger partial charge is 0.0356 e. The fourth-order valence-corrected chi connectivity index (χ4v) is 1.81. The summed E-state index contributed by atoms with van der Waals surface area (Å²) in [5.74, 6) is 0. The number of rotatable bonds is 3. The molecule has 0 aliphatic heterocycles. The predicted molar refractivity (Wildman–Crippen MR) is 62.3 cm³/mol. The highest BCUT2D eigenvalue weighted by molar-refractivity contribution is 9.10. The first-order valence-corrected chi connectivity index (χ1v) is 5.45. The zero-order valence-electron chi connectivity index (χ0n) is 8.39. The first-order chi connectivity index (χ1) is 6.11. The molecule has 1 rings (SSSR count). The molecule has 13 heavy (non-hydrogen) atoms. The fourth-order valence-electron chi connectivity index (χ4n) is 1.21. The maximum atomic E-state index is 3.48. The van der Waals surface area contributed by atoms with E-state index in [1.807, 2.05) is 0 Å². The van der Waals surface area contributed by atoms with Crippen LogP contribution >= 0.6 is 15.9 Å². The summed E-state index contributed by atoms with van der Waals surface area (Å²) in [4.78, 5) is 0.